The Morgan fingerprint density at radius 3 is 2.20 bits per heavy atom. The average molecular weight is 283 g/mol. The third kappa shape index (κ3) is 3.01. The summed E-state index contributed by atoms with van der Waals surface area (Å²) in [7, 11) is 0. The first-order valence-electron chi connectivity index (χ1n) is 7.36. The minimum Gasteiger partial charge on any atom is -0.386 e. The van der Waals surface area contributed by atoms with Crippen molar-refractivity contribution in [2.75, 3.05) is 13.1 Å². The fraction of sp³-hybridized carbons (Fsp3) is 0.625. The Labute approximate surface area is 119 Å². The third-order valence-electron chi connectivity index (χ3n) is 4.58. The van der Waals surface area contributed by atoms with E-state index in [0.29, 0.717) is 5.56 Å². The molecular formula is C16H23F2NO. The van der Waals surface area contributed by atoms with Crippen molar-refractivity contribution in [1.82, 2.24) is 4.90 Å². The van der Waals surface area contributed by atoms with Gasteiger partial charge in [0.25, 0.3) is 0 Å². The van der Waals surface area contributed by atoms with Gasteiger partial charge in [-0.1, -0.05) is 13.3 Å². The zero-order chi connectivity index (χ0) is 14.8. The molecule has 0 aliphatic carbocycles. The van der Waals surface area contributed by atoms with Gasteiger partial charge in [-0.3, -0.25) is 4.90 Å². The minimum absolute atomic E-state index is 0.317. The molecule has 1 aromatic carbocycles. The fourth-order valence-electron chi connectivity index (χ4n) is 3.09. The number of halogens is 2. The molecule has 2 rings (SSSR count). The van der Waals surface area contributed by atoms with Gasteiger partial charge in [0.1, 0.15) is 11.6 Å². The molecule has 0 radical (unpaired) electrons. The van der Waals surface area contributed by atoms with Gasteiger partial charge in [0.2, 0.25) is 0 Å². The van der Waals surface area contributed by atoms with Crippen LogP contribution in [0, 0.1) is 11.6 Å². The molecule has 1 heterocycles. The van der Waals surface area contributed by atoms with Crippen molar-refractivity contribution < 1.29 is 13.9 Å². The van der Waals surface area contributed by atoms with E-state index in [4.69, 9.17) is 0 Å². The highest BCUT2D eigenvalue weighted by atomic mass is 19.1. The van der Waals surface area contributed by atoms with Crippen LogP contribution >= 0.6 is 0 Å². The molecule has 0 bridgehead atoms. The van der Waals surface area contributed by atoms with E-state index in [1.807, 2.05) is 13.8 Å². The quantitative estimate of drug-likeness (QED) is 0.911. The fourth-order valence-corrected chi connectivity index (χ4v) is 3.09. The maximum atomic E-state index is 13.4. The van der Waals surface area contributed by atoms with Crippen molar-refractivity contribution in [2.24, 2.45) is 0 Å². The molecule has 1 aliphatic heterocycles. The van der Waals surface area contributed by atoms with Crippen LogP contribution in [0.15, 0.2) is 18.2 Å². The molecule has 4 heteroatoms. The second-order valence-corrected chi connectivity index (χ2v) is 5.86. The number of aliphatic hydroxyl groups excluding tert-OH is 1. The van der Waals surface area contributed by atoms with Crippen LogP contribution in [-0.4, -0.2) is 28.6 Å². The number of nitrogens with zero attached hydrogens (tertiary/aromatic N) is 1. The smallest absolute Gasteiger partial charge is 0.126 e. The molecule has 2 unspecified atom stereocenters. The lowest BCUT2D eigenvalue weighted by Gasteiger charge is -2.46. The highest BCUT2D eigenvalue weighted by Gasteiger charge is 2.38. The van der Waals surface area contributed by atoms with Gasteiger partial charge in [-0.25, -0.2) is 8.78 Å². The van der Waals surface area contributed by atoms with Crippen LogP contribution in [0.2, 0.25) is 0 Å². The first kappa shape index (κ1) is 15.4. The zero-order valence-corrected chi connectivity index (χ0v) is 12.2. The Bertz CT molecular complexity index is 440. The topological polar surface area (TPSA) is 23.5 Å². The number of rotatable bonds is 4. The lowest BCUT2D eigenvalue weighted by Crippen LogP contribution is -2.52. The largest absolute Gasteiger partial charge is 0.386 e. The predicted octanol–water partition coefficient (Wildman–Crippen LogP) is 3.65. The molecule has 1 aromatic rings. The molecule has 1 N–H and O–H groups in total. The van der Waals surface area contributed by atoms with Crippen molar-refractivity contribution in [3.05, 3.63) is 35.4 Å². The Hall–Kier alpha value is -1.00. The van der Waals surface area contributed by atoms with Gasteiger partial charge in [0.05, 0.1) is 6.10 Å². The molecule has 1 fully saturated rings. The summed E-state index contributed by atoms with van der Waals surface area (Å²) in [6.07, 6.45) is 3.27. The van der Waals surface area contributed by atoms with Crippen LogP contribution in [0.4, 0.5) is 8.78 Å². The van der Waals surface area contributed by atoms with Crippen molar-refractivity contribution in [3.8, 4) is 0 Å². The summed E-state index contributed by atoms with van der Waals surface area (Å²) < 4.78 is 26.7. The lowest BCUT2D eigenvalue weighted by atomic mass is 9.84. The maximum absolute atomic E-state index is 13.4. The number of hydrogen-bond acceptors (Lipinski definition) is 2. The average Bonchev–Trinajstić information content (AvgIpc) is 2.45. The Morgan fingerprint density at radius 2 is 1.70 bits per heavy atom. The highest BCUT2D eigenvalue weighted by molar-refractivity contribution is 5.23. The number of aliphatic hydroxyl groups is 1. The SMILES string of the molecule is CCC(C)(C(O)c1cc(F)cc(F)c1)N1CCCCC1. The van der Waals surface area contributed by atoms with Crippen LogP contribution in [0.1, 0.15) is 51.2 Å². The van der Waals surface area contributed by atoms with Gasteiger partial charge in [0, 0.05) is 11.6 Å². The van der Waals surface area contributed by atoms with Gasteiger partial charge < -0.3 is 5.11 Å². The van der Waals surface area contributed by atoms with Crippen molar-refractivity contribution in [1.29, 1.82) is 0 Å². The summed E-state index contributed by atoms with van der Waals surface area (Å²) in [6, 6.07) is 3.29. The van der Waals surface area contributed by atoms with Crippen LogP contribution < -0.4 is 0 Å². The van der Waals surface area contributed by atoms with E-state index in [-0.39, 0.29) is 0 Å². The Kier molecular flexibility index (Phi) is 4.76. The zero-order valence-electron chi connectivity index (χ0n) is 12.2. The molecular weight excluding hydrogens is 260 g/mol. The van der Waals surface area contributed by atoms with Gasteiger partial charge in [-0.2, -0.15) is 0 Å². The first-order valence-corrected chi connectivity index (χ1v) is 7.36. The molecule has 2 nitrogen and oxygen atoms in total. The molecule has 112 valence electrons. The number of likely N-dealkylation sites (tertiary alicyclic amines) is 1. The minimum atomic E-state index is -0.893. The van der Waals surface area contributed by atoms with Gasteiger partial charge in [-0.05, 0) is 57.0 Å². The normalized spacial score (nSPS) is 21.4. The molecule has 1 saturated heterocycles. The summed E-state index contributed by atoms with van der Waals surface area (Å²) in [5, 5.41) is 10.7. The van der Waals surface area contributed by atoms with Crippen LogP contribution in [0.3, 0.4) is 0 Å². The van der Waals surface area contributed by atoms with E-state index in [1.165, 1.54) is 18.6 Å². The van der Waals surface area contributed by atoms with Gasteiger partial charge in [-0.15, -0.1) is 0 Å². The molecule has 2 atom stereocenters. The van der Waals surface area contributed by atoms with Crippen molar-refractivity contribution >= 4 is 0 Å². The molecule has 0 amide bonds. The molecule has 0 spiro atoms. The highest BCUT2D eigenvalue weighted by Crippen LogP contribution is 2.36. The standard InChI is InChI=1S/C16H23F2NO/c1-3-16(2,19-7-5-4-6-8-19)15(20)12-9-13(17)11-14(18)10-12/h9-11,15,20H,3-8H2,1-2H3. The molecule has 20 heavy (non-hydrogen) atoms. The Balaban J connectivity index is 2.29. The number of benzene rings is 1. The summed E-state index contributed by atoms with van der Waals surface area (Å²) in [6.45, 7) is 5.84. The van der Waals surface area contributed by atoms with Gasteiger partial charge >= 0.3 is 0 Å². The third-order valence-corrected chi connectivity index (χ3v) is 4.58. The molecule has 1 aliphatic rings. The lowest BCUT2D eigenvalue weighted by molar-refractivity contribution is -0.0354. The van der Waals surface area contributed by atoms with E-state index in [0.717, 1.165) is 38.4 Å². The number of piperidine rings is 1. The second-order valence-electron chi connectivity index (χ2n) is 5.86. The van der Waals surface area contributed by atoms with E-state index in [2.05, 4.69) is 4.90 Å². The van der Waals surface area contributed by atoms with Crippen molar-refractivity contribution in [2.45, 2.75) is 51.2 Å². The summed E-state index contributed by atoms with van der Waals surface area (Å²) in [5.41, 5.74) is -0.168. The summed E-state index contributed by atoms with van der Waals surface area (Å²) >= 11 is 0. The second kappa shape index (κ2) is 6.19. The van der Waals surface area contributed by atoms with Crippen molar-refractivity contribution in [3.63, 3.8) is 0 Å². The van der Waals surface area contributed by atoms with Crippen LogP contribution in [0.5, 0.6) is 0 Å². The molecule has 0 aromatic heterocycles. The van der Waals surface area contributed by atoms with E-state index >= 15 is 0 Å². The van der Waals surface area contributed by atoms with E-state index in [1.54, 1.807) is 0 Å². The summed E-state index contributed by atoms with van der Waals surface area (Å²) in [5.74, 6) is -1.28. The van der Waals surface area contributed by atoms with Crippen LogP contribution in [0.25, 0.3) is 0 Å². The van der Waals surface area contributed by atoms with E-state index < -0.39 is 23.3 Å². The Morgan fingerprint density at radius 1 is 1.15 bits per heavy atom. The monoisotopic (exact) mass is 283 g/mol. The van der Waals surface area contributed by atoms with Crippen LogP contribution in [-0.2, 0) is 0 Å². The summed E-state index contributed by atoms with van der Waals surface area (Å²) in [4.78, 5) is 2.25. The first-order chi connectivity index (χ1) is 9.47. The molecule has 0 saturated carbocycles. The maximum Gasteiger partial charge on any atom is 0.126 e. The van der Waals surface area contributed by atoms with Gasteiger partial charge in [0.15, 0.2) is 0 Å². The number of hydrogen-bond donors (Lipinski definition) is 1. The predicted molar refractivity (Wildman–Crippen MR) is 75.4 cm³/mol. The van der Waals surface area contributed by atoms with E-state index in [9.17, 15) is 13.9 Å².